The molecular weight excluding hydrogens is 474 g/mol. The Labute approximate surface area is 221 Å². The van der Waals surface area contributed by atoms with E-state index in [4.69, 9.17) is 5.11 Å². The van der Waals surface area contributed by atoms with Crippen molar-refractivity contribution in [2.45, 2.75) is 44.8 Å². The minimum atomic E-state index is -4.39. The van der Waals surface area contributed by atoms with Crippen LogP contribution in [0.25, 0.3) is 0 Å². The minimum absolute atomic E-state index is 0. The first-order valence-electron chi connectivity index (χ1n) is 10.4. The molecule has 1 aliphatic carbocycles. The number of carboxylic acids is 1. The molecule has 0 aliphatic heterocycles. The van der Waals surface area contributed by atoms with Gasteiger partial charge in [0.25, 0.3) is 5.91 Å². The summed E-state index contributed by atoms with van der Waals surface area (Å²) in [5.74, 6) is -1.23. The molecule has 3 aromatic rings. The van der Waals surface area contributed by atoms with Crippen LogP contribution in [0, 0.1) is 13.8 Å². The fourth-order valence-electron chi connectivity index (χ4n) is 4.08. The van der Waals surface area contributed by atoms with Crippen LogP contribution in [0.5, 0.6) is 0 Å². The first-order chi connectivity index (χ1) is 15.5. The van der Waals surface area contributed by atoms with Crippen molar-refractivity contribution in [1.82, 2.24) is 5.32 Å². The molecule has 0 bridgehead atoms. The molecule has 0 spiro atoms. The molecule has 1 aliphatic rings. The Bertz CT molecular complexity index is 1210. The summed E-state index contributed by atoms with van der Waals surface area (Å²) in [5.41, 5.74) is 1.88. The number of thiophene rings is 1. The van der Waals surface area contributed by atoms with E-state index in [1.165, 1.54) is 35.6 Å². The Morgan fingerprint density at radius 2 is 1.59 bits per heavy atom. The predicted octanol–water partition coefficient (Wildman–Crippen LogP) is 5.44. The second kappa shape index (κ2) is 9.85. The van der Waals surface area contributed by atoms with Crippen molar-refractivity contribution in [3.63, 3.8) is 0 Å². The molecule has 34 heavy (non-hydrogen) atoms. The zero-order valence-corrected chi connectivity index (χ0v) is 18.9. The van der Waals surface area contributed by atoms with E-state index in [2.05, 4.69) is 5.32 Å². The fourth-order valence-corrected chi connectivity index (χ4v) is 5.15. The van der Waals surface area contributed by atoms with Gasteiger partial charge in [0, 0.05) is 9.75 Å². The molecule has 0 saturated heterocycles. The van der Waals surface area contributed by atoms with Crippen LogP contribution >= 0.6 is 11.3 Å². The van der Waals surface area contributed by atoms with Crippen LogP contribution in [0.15, 0.2) is 48.5 Å². The number of amides is 1. The zero-order valence-electron chi connectivity index (χ0n) is 18.0. The predicted molar refractivity (Wildman–Crippen MR) is 127 cm³/mol. The van der Waals surface area contributed by atoms with Gasteiger partial charge < -0.3 is 10.4 Å². The summed E-state index contributed by atoms with van der Waals surface area (Å²) in [6.07, 6.45) is -2.53. The number of carboxylic acid groups (broad SMARTS) is 1. The van der Waals surface area contributed by atoms with Crippen LogP contribution in [0.1, 0.15) is 65.6 Å². The van der Waals surface area contributed by atoms with Gasteiger partial charge in [-0.25, -0.2) is 4.79 Å². The third kappa shape index (κ3) is 5.40. The van der Waals surface area contributed by atoms with Gasteiger partial charge in [-0.2, -0.15) is 13.2 Å². The Morgan fingerprint density at radius 1 is 1.00 bits per heavy atom. The molecule has 2 N–H and O–H groups in total. The van der Waals surface area contributed by atoms with Crippen molar-refractivity contribution in [2.75, 3.05) is 0 Å². The zero-order chi connectivity index (χ0) is 24.0. The van der Waals surface area contributed by atoms with E-state index in [1.807, 2.05) is 13.8 Å². The number of nitrogens with one attached hydrogen (secondary N) is 1. The Hall–Kier alpha value is -2.13. The first-order valence-corrected chi connectivity index (χ1v) is 11.2. The van der Waals surface area contributed by atoms with Crippen LogP contribution in [0.4, 0.5) is 13.2 Å². The molecule has 0 radical (unpaired) electrons. The van der Waals surface area contributed by atoms with Crippen molar-refractivity contribution in [3.05, 3.63) is 91.7 Å². The number of carbonyl (C=O) groups excluding carboxylic acids is 1. The Morgan fingerprint density at radius 3 is 2.09 bits per heavy atom. The molecule has 4 rings (SSSR count). The fraction of sp³-hybridized carbons (Fsp3) is 0.280. The van der Waals surface area contributed by atoms with Gasteiger partial charge in [0.15, 0.2) is 0 Å². The quantitative estimate of drug-likeness (QED) is 0.446. The standard InChI is InChI=1S/C25H22F3NO3S.Na.H/c1-14-20(13-16-3-7-19(8-4-16)25(26,27)28)21(15(2)33-14)22(30)29-24(11-12-24)18-9-5-17(6-10-18)23(31)32;;/h3-10H,11-13H2,1-2H3,(H,29,30)(H,31,32);;. The summed E-state index contributed by atoms with van der Waals surface area (Å²) in [6, 6.07) is 11.5. The van der Waals surface area contributed by atoms with Crippen molar-refractivity contribution in [3.8, 4) is 0 Å². The SMILES string of the molecule is Cc1sc(C)c(C(=O)NC2(c3ccc(C(=O)O)cc3)CC2)c1Cc1ccc(C(F)(F)F)cc1.[NaH]. The average molecular weight is 498 g/mol. The molecule has 0 unspecified atom stereocenters. The topological polar surface area (TPSA) is 66.4 Å². The molecule has 2 aromatic carbocycles. The van der Waals surface area contributed by atoms with Crippen molar-refractivity contribution >= 4 is 52.8 Å². The molecular formula is C25H23F3NNaO3S. The Kier molecular flexibility index (Phi) is 7.67. The summed E-state index contributed by atoms with van der Waals surface area (Å²) in [5, 5.41) is 12.2. The molecule has 4 nitrogen and oxygen atoms in total. The molecule has 1 aromatic heterocycles. The van der Waals surface area contributed by atoms with Gasteiger partial charge in [0.05, 0.1) is 22.2 Å². The van der Waals surface area contributed by atoms with E-state index in [0.29, 0.717) is 17.5 Å². The second-order valence-corrected chi connectivity index (χ2v) is 9.79. The number of aromatic carboxylic acids is 1. The van der Waals surface area contributed by atoms with E-state index in [0.717, 1.165) is 45.9 Å². The molecule has 1 amide bonds. The Balaban J connectivity index is 0.00000324. The third-order valence-electron chi connectivity index (χ3n) is 6.06. The van der Waals surface area contributed by atoms with E-state index >= 15 is 0 Å². The molecule has 0 atom stereocenters. The van der Waals surface area contributed by atoms with Crippen LogP contribution in [0.2, 0.25) is 0 Å². The van der Waals surface area contributed by atoms with E-state index in [-0.39, 0.29) is 41.0 Å². The van der Waals surface area contributed by atoms with Crippen molar-refractivity contribution in [2.24, 2.45) is 0 Å². The first kappa shape index (κ1) is 26.5. The van der Waals surface area contributed by atoms with Gasteiger partial charge in [0.2, 0.25) is 0 Å². The summed E-state index contributed by atoms with van der Waals surface area (Å²) in [7, 11) is 0. The normalized spacial score (nSPS) is 14.3. The maximum atomic E-state index is 13.3. The molecule has 1 fully saturated rings. The number of benzene rings is 2. The van der Waals surface area contributed by atoms with Gasteiger partial charge in [-0.15, -0.1) is 11.3 Å². The van der Waals surface area contributed by atoms with Crippen LogP contribution in [0.3, 0.4) is 0 Å². The van der Waals surface area contributed by atoms with Crippen LogP contribution in [-0.4, -0.2) is 46.5 Å². The number of alkyl halides is 3. The van der Waals surface area contributed by atoms with Gasteiger partial charge in [-0.1, -0.05) is 24.3 Å². The summed E-state index contributed by atoms with van der Waals surface area (Å²) in [6.45, 7) is 3.77. The molecule has 1 saturated carbocycles. The number of carbonyl (C=O) groups is 2. The molecule has 174 valence electrons. The number of rotatable bonds is 6. The molecule has 9 heteroatoms. The number of aryl methyl sites for hydroxylation is 2. The molecule has 1 heterocycles. The number of halogens is 3. The maximum absolute atomic E-state index is 13.3. The van der Waals surface area contributed by atoms with Gasteiger partial charge in [-0.3, -0.25) is 4.79 Å². The van der Waals surface area contributed by atoms with Crippen LogP contribution in [-0.2, 0) is 18.1 Å². The second-order valence-electron chi connectivity index (χ2n) is 8.36. The summed E-state index contributed by atoms with van der Waals surface area (Å²) < 4.78 is 38.6. The number of hydrogen-bond donors (Lipinski definition) is 2. The van der Waals surface area contributed by atoms with E-state index < -0.39 is 23.2 Å². The van der Waals surface area contributed by atoms with Gasteiger partial charge in [0.1, 0.15) is 0 Å². The number of hydrogen-bond acceptors (Lipinski definition) is 3. The van der Waals surface area contributed by atoms with Gasteiger partial charge >= 0.3 is 41.7 Å². The summed E-state index contributed by atoms with van der Waals surface area (Å²) in [4.78, 5) is 26.2. The average Bonchev–Trinajstić information content (AvgIpc) is 3.47. The third-order valence-corrected chi connectivity index (χ3v) is 7.12. The van der Waals surface area contributed by atoms with E-state index in [1.54, 1.807) is 12.1 Å². The van der Waals surface area contributed by atoms with E-state index in [9.17, 15) is 22.8 Å². The van der Waals surface area contributed by atoms with Gasteiger partial charge in [-0.05, 0) is 74.1 Å². The van der Waals surface area contributed by atoms with Crippen LogP contribution < -0.4 is 5.32 Å². The van der Waals surface area contributed by atoms with Crippen molar-refractivity contribution < 1.29 is 27.9 Å². The van der Waals surface area contributed by atoms with Crippen molar-refractivity contribution in [1.29, 1.82) is 0 Å². The summed E-state index contributed by atoms with van der Waals surface area (Å²) >= 11 is 1.49. The monoisotopic (exact) mass is 497 g/mol.